The standard InChI is InChI=1S/C16H20BrFO/c17-12-4-1-2-5-13-19-14-6-3-7-15-8-10-16(18)11-9-15/h8-11H,1-2,4-6,12-14H2. The largest absolute Gasteiger partial charge is 0.380 e. The van der Waals surface area contributed by atoms with E-state index in [1.165, 1.54) is 31.4 Å². The van der Waals surface area contributed by atoms with Crippen molar-refractivity contribution in [1.29, 1.82) is 0 Å². The molecule has 0 radical (unpaired) electrons. The van der Waals surface area contributed by atoms with E-state index in [1.54, 1.807) is 12.1 Å². The molecule has 0 N–H and O–H groups in total. The molecule has 0 unspecified atom stereocenters. The Labute approximate surface area is 123 Å². The van der Waals surface area contributed by atoms with Gasteiger partial charge in [0.1, 0.15) is 5.82 Å². The molecule has 0 aliphatic heterocycles. The molecule has 0 aliphatic rings. The molecular weight excluding hydrogens is 307 g/mol. The van der Waals surface area contributed by atoms with Crippen molar-refractivity contribution in [3.63, 3.8) is 0 Å². The van der Waals surface area contributed by atoms with Gasteiger partial charge in [0.15, 0.2) is 0 Å². The Morgan fingerprint density at radius 1 is 1.00 bits per heavy atom. The molecule has 1 aromatic carbocycles. The number of rotatable bonds is 8. The van der Waals surface area contributed by atoms with Gasteiger partial charge in [-0.2, -0.15) is 0 Å². The molecule has 0 saturated carbocycles. The predicted molar refractivity (Wildman–Crippen MR) is 81.0 cm³/mol. The number of alkyl halides is 1. The molecule has 0 spiro atoms. The topological polar surface area (TPSA) is 9.23 Å². The third-order valence-electron chi connectivity index (χ3n) is 2.62. The second kappa shape index (κ2) is 11.0. The summed E-state index contributed by atoms with van der Waals surface area (Å²) in [6.07, 6.45) is 5.58. The predicted octanol–water partition coefficient (Wildman–Crippen LogP) is 4.54. The molecule has 0 atom stereocenters. The molecule has 0 aromatic heterocycles. The molecule has 3 heteroatoms. The maximum atomic E-state index is 12.7. The molecule has 0 fully saturated rings. The van der Waals surface area contributed by atoms with Gasteiger partial charge in [0.05, 0.1) is 6.61 Å². The van der Waals surface area contributed by atoms with Gasteiger partial charge in [-0.3, -0.25) is 0 Å². The maximum absolute atomic E-state index is 12.7. The van der Waals surface area contributed by atoms with Crippen LogP contribution in [0.2, 0.25) is 0 Å². The Hall–Kier alpha value is -0.850. The first-order chi connectivity index (χ1) is 9.33. The number of benzene rings is 1. The SMILES string of the molecule is Fc1ccc(C#CCCOCCCCCCBr)cc1. The van der Waals surface area contributed by atoms with Crippen LogP contribution < -0.4 is 0 Å². The lowest BCUT2D eigenvalue weighted by Crippen LogP contribution is -1.96. The highest BCUT2D eigenvalue weighted by Crippen LogP contribution is 2.02. The van der Waals surface area contributed by atoms with Crippen molar-refractivity contribution in [3.8, 4) is 11.8 Å². The van der Waals surface area contributed by atoms with Crippen LogP contribution in [-0.2, 0) is 4.74 Å². The highest BCUT2D eigenvalue weighted by Gasteiger charge is 1.90. The smallest absolute Gasteiger partial charge is 0.123 e. The van der Waals surface area contributed by atoms with Gasteiger partial charge in [-0.1, -0.05) is 40.6 Å². The van der Waals surface area contributed by atoms with Crippen molar-refractivity contribution in [2.24, 2.45) is 0 Å². The average Bonchev–Trinajstić information content (AvgIpc) is 2.43. The molecule has 19 heavy (non-hydrogen) atoms. The van der Waals surface area contributed by atoms with Gasteiger partial charge in [0, 0.05) is 23.9 Å². The maximum Gasteiger partial charge on any atom is 0.123 e. The van der Waals surface area contributed by atoms with E-state index in [1.807, 2.05) is 0 Å². The number of hydrogen-bond acceptors (Lipinski definition) is 1. The van der Waals surface area contributed by atoms with E-state index in [-0.39, 0.29) is 5.82 Å². The van der Waals surface area contributed by atoms with Crippen molar-refractivity contribution in [3.05, 3.63) is 35.6 Å². The summed E-state index contributed by atoms with van der Waals surface area (Å²) in [7, 11) is 0. The van der Waals surface area contributed by atoms with Crippen molar-refractivity contribution in [1.82, 2.24) is 0 Å². The second-order valence-corrected chi connectivity index (χ2v) is 5.07. The monoisotopic (exact) mass is 326 g/mol. The minimum Gasteiger partial charge on any atom is -0.380 e. The quantitative estimate of drug-likeness (QED) is 0.387. The van der Waals surface area contributed by atoms with Gasteiger partial charge in [-0.15, -0.1) is 0 Å². The fourth-order valence-electron chi connectivity index (χ4n) is 1.58. The zero-order chi connectivity index (χ0) is 13.8. The first kappa shape index (κ1) is 16.2. The van der Waals surface area contributed by atoms with Gasteiger partial charge in [0.2, 0.25) is 0 Å². The molecule has 0 amide bonds. The van der Waals surface area contributed by atoms with Crippen LogP contribution in [0.25, 0.3) is 0 Å². The molecule has 1 aromatic rings. The van der Waals surface area contributed by atoms with E-state index in [2.05, 4.69) is 27.8 Å². The molecule has 0 aliphatic carbocycles. The van der Waals surface area contributed by atoms with E-state index in [4.69, 9.17) is 4.74 Å². The van der Waals surface area contributed by atoms with Crippen molar-refractivity contribution in [2.75, 3.05) is 18.5 Å². The highest BCUT2D eigenvalue weighted by molar-refractivity contribution is 9.09. The fourth-order valence-corrected chi connectivity index (χ4v) is 1.97. The minimum absolute atomic E-state index is 0.228. The Morgan fingerprint density at radius 2 is 1.74 bits per heavy atom. The van der Waals surface area contributed by atoms with Crippen LogP contribution in [0.15, 0.2) is 24.3 Å². The number of hydrogen-bond donors (Lipinski definition) is 0. The van der Waals surface area contributed by atoms with Gasteiger partial charge in [0.25, 0.3) is 0 Å². The Bertz CT molecular complexity index is 391. The van der Waals surface area contributed by atoms with Crippen LogP contribution in [0, 0.1) is 17.7 Å². The third-order valence-corrected chi connectivity index (χ3v) is 3.18. The minimum atomic E-state index is -0.228. The first-order valence-corrected chi connectivity index (χ1v) is 7.83. The lowest BCUT2D eigenvalue weighted by molar-refractivity contribution is 0.135. The lowest BCUT2D eigenvalue weighted by Gasteiger charge is -2.01. The highest BCUT2D eigenvalue weighted by atomic mass is 79.9. The van der Waals surface area contributed by atoms with E-state index in [9.17, 15) is 4.39 Å². The third kappa shape index (κ3) is 8.80. The molecule has 1 rings (SSSR count). The zero-order valence-electron chi connectivity index (χ0n) is 11.1. The second-order valence-electron chi connectivity index (χ2n) is 4.27. The summed E-state index contributed by atoms with van der Waals surface area (Å²) in [5.74, 6) is 5.79. The number of ether oxygens (including phenoxy) is 1. The van der Waals surface area contributed by atoms with Crippen LogP contribution in [0.5, 0.6) is 0 Å². The summed E-state index contributed by atoms with van der Waals surface area (Å²) in [6, 6.07) is 6.22. The van der Waals surface area contributed by atoms with Gasteiger partial charge >= 0.3 is 0 Å². The Kier molecular flexibility index (Phi) is 9.40. The summed E-state index contributed by atoms with van der Waals surface area (Å²) >= 11 is 3.42. The Balaban J connectivity index is 2.00. The van der Waals surface area contributed by atoms with E-state index >= 15 is 0 Å². The molecule has 104 valence electrons. The zero-order valence-corrected chi connectivity index (χ0v) is 12.7. The number of halogens is 2. The van der Waals surface area contributed by atoms with Gasteiger partial charge in [-0.05, 0) is 37.1 Å². The average molecular weight is 327 g/mol. The summed E-state index contributed by atoms with van der Waals surface area (Å²) in [5.41, 5.74) is 0.844. The lowest BCUT2D eigenvalue weighted by atomic mass is 10.2. The van der Waals surface area contributed by atoms with Crippen LogP contribution >= 0.6 is 15.9 Å². The van der Waals surface area contributed by atoms with E-state index in [0.29, 0.717) is 6.61 Å². The van der Waals surface area contributed by atoms with Crippen LogP contribution in [0.3, 0.4) is 0 Å². The van der Waals surface area contributed by atoms with E-state index < -0.39 is 0 Å². The van der Waals surface area contributed by atoms with Crippen LogP contribution in [-0.4, -0.2) is 18.5 Å². The summed E-state index contributed by atoms with van der Waals surface area (Å²) in [6.45, 7) is 1.49. The van der Waals surface area contributed by atoms with Gasteiger partial charge in [-0.25, -0.2) is 4.39 Å². The van der Waals surface area contributed by atoms with Gasteiger partial charge < -0.3 is 4.74 Å². The molecule has 0 saturated heterocycles. The van der Waals surface area contributed by atoms with Crippen molar-refractivity contribution < 1.29 is 9.13 Å². The Morgan fingerprint density at radius 3 is 2.47 bits per heavy atom. The molecule has 0 heterocycles. The van der Waals surface area contributed by atoms with E-state index in [0.717, 1.165) is 30.3 Å². The molecular formula is C16H20BrFO. The fraction of sp³-hybridized carbons (Fsp3) is 0.500. The number of unbranched alkanes of at least 4 members (excludes halogenated alkanes) is 3. The van der Waals surface area contributed by atoms with Crippen LogP contribution in [0.1, 0.15) is 37.7 Å². The molecule has 1 nitrogen and oxygen atoms in total. The van der Waals surface area contributed by atoms with Crippen molar-refractivity contribution in [2.45, 2.75) is 32.1 Å². The van der Waals surface area contributed by atoms with Crippen molar-refractivity contribution >= 4 is 15.9 Å². The first-order valence-electron chi connectivity index (χ1n) is 6.71. The summed E-state index contributed by atoms with van der Waals surface area (Å²) in [4.78, 5) is 0. The summed E-state index contributed by atoms with van der Waals surface area (Å²) in [5, 5.41) is 1.09. The summed E-state index contributed by atoms with van der Waals surface area (Å²) < 4.78 is 18.2. The molecule has 0 bridgehead atoms. The van der Waals surface area contributed by atoms with Crippen LogP contribution in [0.4, 0.5) is 4.39 Å². The normalized spacial score (nSPS) is 10.0.